The molecule has 4 aromatic rings. The molecule has 0 heterocycles. The van der Waals surface area contributed by atoms with Crippen molar-refractivity contribution < 1.29 is 31.5 Å². The topological polar surface area (TPSA) is 96.0 Å². The van der Waals surface area contributed by atoms with Crippen LogP contribution in [0.5, 0.6) is 0 Å². The molecule has 0 atom stereocenters. The van der Waals surface area contributed by atoms with Gasteiger partial charge in [0.25, 0.3) is 0 Å². The summed E-state index contributed by atoms with van der Waals surface area (Å²) in [6, 6.07) is 31.1. The van der Waals surface area contributed by atoms with Crippen molar-refractivity contribution in [3.63, 3.8) is 0 Å². The van der Waals surface area contributed by atoms with Crippen molar-refractivity contribution in [2.75, 3.05) is 20.9 Å². The summed E-state index contributed by atoms with van der Waals surface area (Å²) >= 11 is 0. The number of carbonyl (C=O) groups excluding carboxylic acids is 2. The van der Waals surface area contributed by atoms with Gasteiger partial charge in [0, 0.05) is 0 Å². The zero-order valence-corrected chi connectivity index (χ0v) is 22.8. The Hall–Kier alpha value is -3.84. The van der Waals surface area contributed by atoms with Crippen molar-refractivity contribution in [1.82, 2.24) is 0 Å². The monoisotopic (exact) mass is 550 g/mol. The fourth-order valence-electron chi connectivity index (χ4n) is 4.44. The second-order valence-corrected chi connectivity index (χ2v) is 15.2. The van der Waals surface area contributed by atoms with Gasteiger partial charge in [-0.2, -0.15) is 0 Å². The van der Waals surface area contributed by atoms with E-state index >= 15 is 0 Å². The molecule has 0 aliphatic heterocycles. The normalized spacial score (nSPS) is 12.7. The van der Waals surface area contributed by atoms with Crippen molar-refractivity contribution in [1.29, 1.82) is 0 Å². The first kappa shape index (κ1) is 27.2. The number of hydrogen-bond acceptors (Lipinski definition) is 7. The Morgan fingerprint density at radius 1 is 0.605 bits per heavy atom. The van der Waals surface area contributed by atoms with Crippen molar-refractivity contribution >= 4 is 44.8 Å². The predicted octanol–water partition coefficient (Wildman–Crippen LogP) is 4.04. The van der Waals surface area contributed by atoms with Crippen LogP contribution in [-0.4, -0.2) is 41.2 Å². The van der Waals surface area contributed by atoms with Gasteiger partial charge in [-0.25, -0.2) is 0 Å². The van der Waals surface area contributed by atoms with Gasteiger partial charge in [-0.1, -0.05) is 0 Å². The van der Waals surface area contributed by atoms with Crippen molar-refractivity contribution in [2.45, 2.75) is 4.90 Å². The zero-order chi connectivity index (χ0) is 27.4. The average Bonchev–Trinajstić information content (AvgIpc) is 2.97. The summed E-state index contributed by atoms with van der Waals surface area (Å²) in [6.07, 6.45) is 0. The molecule has 0 aliphatic carbocycles. The molecule has 4 aromatic carbocycles. The minimum atomic E-state index is -4.61. The Kier molecular flexibility index (Phi) is 7.51. The molecule has 38 heavy (non-hydrogen) atoms. The summed E-state index contributed by atoms with van der Waals surface area (Å²) in [4.78, 5) is 24.4. The quantitative estimate of drug-likeness (QED) is 0.241. The van der Waals surface area contributed by atoms with Crippen LogP contribution in [0, 0.1) is 0 Å². The van der Waals surface area contributed by atoms with Crippen LogP contribution in [0.1, 0.15) is 20.7 Å². The Bertz CT molecular complexity index is 1440. The van der Waals surface area contributed by atoms with Gasteiger partial charge in [-0.15, -0.1) is 0 Å². The molecule has 196 valence electrons. The number of methoxy groups -OCH3 is 2. The molecule has 0 saturated heterocycles. The Morgan fingerprint density at radius 2 is 0.947 bits per heavy atom. The minimum absolute atomic E-state index is 0.131. The molecule has 0 saturated carbocycles. The van der Waals surface area contributed by atoms with Crippen molar-refractivity contribution in [3.05, 3.63) is 120 Å². The molecule has 4 rings (SSSR count). The third-order valence-corrected chi connectivity index (χ3v) is 14.2. The molecule has 0 amide bonds. The molecular weight excluding hydrogens is 523 g/mol. The third-order valence-electron chi connectivity index (χ3n) is 6.46. The van der Waals surface area contributed by atoms with E-state index in [-0.39, 0.29) is 16.0 Å². The standard InChI is InChI=1S/C29H27O7PS/c1-34-28(30)22-19-23(29(31)35-2)21-27(20-22)38(32,33)36-37(3,24-13-7-4-8-14-24,25-15-9-5-10-16-25)26-17-11-6-12-18-26/h4-21H,1-3H3. The number of hydrogen-bond donors (Lipinski definition) is 0. The number of benzene rings is 4. The average molecular weight is 551 g/mol. The first-order chi connectivity index (χ1) is 18.1. The summed E-state index contributed by atoms with van der Waals surface area (Å²) < 4.78 is 44.5. The first-order valence-electron chi connectivity index (χ1n) is 11.6. The SMILES string of the molecule is COC(=O)c1cc(C(=O)OC)cc(S(=O)(=O)OP(C)(c2ccccc2)(c2ccccc2)c2ccccc2)c1. The Morgan fingerprint density at radius 3 is 1.26 bits per heavy atom. The van der Waals surface area contributed by atoms with Crippen LogP contribution in [0.3, 0.4) is 0 Å². The summed E-state index contributed by atoms with van der Waals surface area (Å²) in [7, 11) is -2.28. The number of rotatable bonds is 8. The van der Waals surface area contributed by atoms with Crippen LogP contribution >= 0.6 is 6.83 Å². The molecule has 0 aromatic heterocycles. The fraction of sp³-hybridized carbons (Fsp3) is 0.103. The number of carbonyl (C=O) groups is 2. The van der Waals surface area contributed by atoms with Gasteiger partial charge >= 0.3 is 222 Å². The number of ether oxygens (including phenoxy) is 2. The van der Waals surface area contributed by atoms with Gasteiger partial charge in [0.05, 0.1) is 0 Å². The molecule has 0 N–H and O–H groups in total. The second-order valence-electron chi connectivity index (χ2n) is 8.73. The summed E-state index contributed by atoms with van der Waals surface area (Å²) in [5.74, 6) is -1.62. The van der Waals surface area contributed by atoms with Gasteiger partial charge in [0.15, 0.2) is 0 Å². The van der Waals surface area contributed by atoms with E-state index in [9.17, 15) is 18.0 Å². The van der Waals surface area contributed by atoms with E-state index < -0.39 is 28.9 Å². The molecule has 0 aliphatic rings. The van der Waals surface area contributed by atoms with Crippen LogP contribution in [-0.2, 0) is 23.6 Å². The van der Waals surface area contributed by atoms with E-state index in [4.69, 9.17) is 13.4 Å². The molecule has 0 fully saturated rings. The van der Waals surface area contributed by atoms with Gasteiger partial charge in [0.1, 0.15) is 0 Å². The molecule has 7 nitrogen and oxygen atoms in total. The van der Waals surface area contributed by atoms with Gasteiger partial charge in [-0.05, 0) is 0 Å². The van der Waals surface area contributed by atoms with Crippen molar-refractivity contribution in [3.8, 4) is 0 Å². The Balaban J connectivity index is 2.05. The molecule has 0 bridgehead atoms. The maximum atomic E-state index is 14.2. The molecule has 0 spiro atoms. The molecular formula is C29H27O7PS. The van der Waals surface area contributed by atoms with E-state index in [0.717, 1.165) is 26.4 Å². The van der Waals surface area contributed by atoms with Crippen molar-refractivity contribution in [2.24, 2.45) is 0 Å². The van der Waals surface area contributed by atoms with E-state index in [2.05, 4.69) is 0 Å². The molecule has 0 unspecified atom stereocenters. The molecule has 0 radical (unpaired) electrons. The first-order valence-corrected chi connectivity index (χ1v) is 15.6. The summed E-state index contributed by atoms with van der Waals surface area (Å²) in [5.41, 5.74) is -0.263. The van der Waals surface area contributed by atoms with Crippen LogP contribution < -0.4 is 15.9 Å². The Labute approximate surface area is 222 Å². The van der Waals surface area contributed by atoms with Gasteiger partial charge < -0.3 is 0 Å². The third kappa shape index (κ3) is 4.74. The maximum absolute atomic E-state index is 14.2. The summed E-state index contributed by atoms with van der Waals surface area (Å²) in [5, 5.41) is 2.03. The number of esters is 2. The zero-order valence-electron chi connectivity index (χ0n) is 21.1. The summed E-state index contributed by atoms with van der Waals surface area (Å²) in [6.45, 7) is -2.37. The van der Waals surface area contributed by atoms with Gasteiger partial charge in [-0.3, -0.25) is 0 Å². The second kappa shape index (κ2) is 10.5. The van der Waals surface area contributed by atoms with E-state index in [1.807, 2.05) is 97.7 Å². The van der Waals surface area contributed by atoms with Gasteiger partial charge in [0.2, 0.25) is 0 Å². The predicted molar refractivity (Wildman–Crippen MR) is 148 cm³/mol. The van der Waals surface area contributed by atoms with Crippen LogP contribution in [0.2, 0.25) is 0 Å². The fourth-order valence-corrected chi connectivity index (χ4v) is 11.9. The van der Waals surface area contributed by atoms with Crippen LogP contribution in [0.4, 0.5) is 0 Å². The van der Waals surface area contributed by atoms with E-state index in [1.54, 1.807) is 0 Å². The van der Waals surface area contributed by atoms with E-state index in [0.29, 0.717) is 15.9 Å². The molecule has 9 heteroatoms. The van der Waals surface area contributed by atoms with E-state index in [1.165, 1.54) is 6.07 Å². The van der Waals surface area contributed by atoms with Crippen LogP contribution in [0.15, 0.2) is 114 Å². The van der Waals surface area contributed by atoms with Crippen LogP contribution in [0.25, 0.3) is 0 Å².